The number of nitrogens with zero attached hydrogens (tertiary/aromatic N) is 1. The Hall–Kier alpha value is -0.300. The molecule has 2 N–H and O–H groups in total. The molecule has 0 aliphatic heterocycles. The fourth-order valence-corrected chi connectivity index (χ4v) is 2.66. The Bertz CT molecular complexity index is 402. The minimum Gasteiger partial charge on any atom is -0.354 e. The van der Waals surface area contributed by atoms with E-state index in [9.17, 15) is 0 Å². The zero-order chi connectivity index (χ0) is 14.3. The molecule has 0 saturated heterocycles. The minimum atomic E-state index is 0. The van der Waals surface area contributed by atoms with Gasteiger partial charge in [-0.25, -0.2) is 0 Å². The molecule has 5 heteroatoms. The molecule has 0 bridgehead atoms. The van der Waals surface area contributed by atoms with E-state index in [4.69, 9.17) is 0 Å². The smallest absolute Gasteiger partial charge is 0.191 e. The molecule has 0 spiro atoms. The highest BCUT2D eigenvalue weighted by Gasteiger charge is 2.06. The Morgan fingerprint density at radius 1 is 1.25 bits per heavy atom. The van der Waals surface area contributed by atoms with Crippen LogP contribution in [0, 0.1) is 12.8 Å². The number of hydrogen-bond acceptors (Lipinski definition) is 2. The van der Waals surface area contributed by atoms with Gasteiger partial charge in [0.25, 0.3) is 0 Å². The van der Waals surface area contributed by atoms with Crippen molar-refractivity contribution < 1.29 is 0 Å². The van der Waals surface area contributed by atoms with Crippen molar-refractivity contribution in [1.29, 1.82) is 0 Å². The van der Waals surface area contributed by atoms with Gasteiger partial charge in [-0.05, 0) is 44.7 Å². The third kappa shape index (κ3) is 8.09. The number of rotatable bonds is 6. The molecule has 0 amide bonds. The Balaban J connectivity index is 0.00000361. The second kappa shape index (κ2) is 10.4. The predicted molar refractivity (Wildman–Crippen MR) is 101 cm³/mol. The summed E-state index contributed by atoms with van der Waals surface area (Å²) < 4.78 is 0. The average Bonchev–Trinajstić information content (AvgIpc) is 2.77. The first-order valence-electron chi connectivity index (χ1n) is 7.03. The van der Waals surface area contributed by atoms with Crippen LogP contribution in [0.4, 0.5) is 0 Å². The number of halogens is 1. The second-order valence-corrected chi connectivity index (χ2v) is 6.83. The summed E-state index contributed by atoms with van der Waals surface area (Å²) in [5.41, 5.74) is 0. The summed E-state index contributed by atoms with van der Waals surface area (Å²) >= 11 is 1.83. The molecule has 0 aliphatic carbocycles. The van der Waals surface area contributed by atoms with Crippen LogP contribution >= 0.6 is 35.3 Å². The number of aliphatic imine (C=N–C) groups is 1. The fraction of sp³-hybridized carbons (Fsp3) is 0.667. The normalized spacial score (nSPS) is 13.0. The van der Waals surface area contributed by atoms with E-state index in [1.807, 2.05) is 18.4 Å². The van der Waals surface area contributed by atoms with Gasteiger partial charge < -0.3 is 10.6 Å². The van der Waals surface area contributed by atoms with Crippen LogP contribution in [0.15, 0.2) is 17.1 Å². The largest absolute Gasteiger partial charge is 0.354 e. The van der Waals surface area contributed by atoms with Crippen molar-refractivity contribution in [2.24, 2.45) is 10.9 Å². The molecule has 0 saturated carbocycles. The standard InChI is InChI=1S/C15H27N3S.HI/c1-11(2)6-7-12(3)18-15(16-5)17-10-14-9-8-13(4)19-14;/h8-9,11-12H,6-7,10H2,1-5H3,(H2,16,17,18);1H. The Kier molecular flexibility index (Phi) is 10.3. The lowest BCUT2D eigenvalue weighted by Gasteiger charge is -2.18. The molecule has 116 valence electrons. The number of nitrogens with one attached hydrogen (secondary N) is 2. The van der Waals surface area contributed by atoms with Crippen LogP contribution in [-0.2, 0) is 6.54 Å². The lowest BCUT2D eigenvalue weighted by Crippen LogP contribution is -2.41. The lowest BCUT2D eigenvalue weighted by molar-refractivity contribution is 0.489. The molecule has 0 fully saturated rings. The van der Waals surface area contributed by atoms with Crippen LogP contribution in [0.25, 0.3) is 0 Å². The molecular formula is C15H28IN3S. The van der Waals surface area contributed by atoms with Gasteiger partial charge in [-0.2, -0.15) is 0 Å². The molecule has 1 rings (SSSR count). The SMILES string of the molecule is CN=C(NCc1ccc(C)s1)NC(C)CCC(C)C.I. The third-order valence-corrected chi connectivity index (χ3v) is 4.01. The van der Waals surface area contributed by atoms with Crippen LogP contribution in [0.5, 0.6) is 0 Å². The number of hydrogen-bond donors (Lipinski definition) is 2. The zero-order valence-corrected chi connectivity index (χ0v) is 16.3. The van der Waals surface area contributed by atoms with E-state index in [-0.39, 0.29) is 24.0 Å². The maximum absolute atomic E-state index is 4.28. The van der Waals surface area contributed by atoms with Crippen molar-refractivity contribution in [3.05, 3.63) is 21.9 Å². The lowest BCUT2D eigenvalue weighted by atomic mass is 10.0. The van der Waals surface area contributed by atoms with Crippen molar-refractivity contribution in [2.45, 2.75) is 53.1 Å². The molecular weight excluding hydrogens is 381 g/mol. The quantitative estimate of drug-likeness (QED) is 0.421. The molecule has 1 heterocycles. The monoisotopic (exact) mass is 409 g/mol. The van der Waals surface area contributed by atoms with Crippen molar-refractivity contribution in [3.8, 4) is 0 Å². The van der Waals surface area contributed by atoms with E-state index < -0.39 is 0 Å². The molecule has 0 aliphatic rings. The summed E-state index contributed by atoms with van der Waals surface area (Å²) in [6, 6.07) is 4.78. The minimum absolute atomic E-state index is 0. The molecule has 0 aromatic carbocycles. The maximum Gasteiger partial charge on any atom is 0.191 e. The third-order valence-electron chi connectivity index (χ3n) is 3.01. The molecule has 0 radical (unpaired) electrons. The summed E-state index contributed by atoms with van der Waals surface area (Å²) in [5, 5.41) is 6.81. The fourth-order valence-electron chi connectivity index (χ4n) is 1.83. The van der Waals surface area contributed by atoms with Gasteiger partial charge in [-0.1, -0.05) is 13.8 Å². The highest BCUT2D eigenvalue weighted by Crippen LogP contribution is 2.14. The van der Waals surface area contributed by atoms with Gasteiger partial charge in [-0.3, -0.25) is 4.99 Å². The maximum atomic E-state index is 4.28. The van der Waals surface area contributed by atoms with Crippen LogP contribution in [0.3, 0.4) is 0 Å². The van der Waals surface area contributed by atoms with Gasteiger partial charge in [0, 0.05) is 22.8 Å². The van der Waals surface area contributed by atoms with E-state index in [2.05, 4.69) is 55.5 Å². The summed E-state index contributed by atoms with van der Waals surface area (Å²) in [6.45, 7) is 9.71. The first kappa shape index (κ1) is 19.7. The van der Waals surface area contributed by atoms with Crippen LogP contribution in [0.2, 0.25) is 0 Å². The summed E-state index contributed by atoms with van der Waals surface area (Å²) in [6.07, 6.45) is 2.42. The zero-order valence-electron chi connectivity index (χ0n) is 13.2. The topological polar surface area (TPSA) is 36.4 Å². The Morgan fingerprint density at radius 3 is 2.45 bits per heavy atom. The van der Waals surface area contributed by atoms with Gasteiger partial charge in [0.05, 0.1) is 6.54 Å². The van der Waals surface area contributed by atoms with E-state index in [1.54, 1.807) is 0 Å². The molecule has 1 aromatic heterocycles. The molecule has 1 unspecified atom stereocenters. The van der Waals surface area contributed by atoms with Crippen molar-refractivity contribution in [1.82, 2.24) is 10.6 Å². The first-order valence-corrected chi connectivity index (χ1v) is 7.85. The highest BCUT2D eigenvalue weighted by atomic mass is 127. The van der Waals surface area contributed by atoms with Crippen molar-refractivity contribution in [3.63, 3.8) is 0 Å². The van der Waals surface area contributed by atoms with Gasteiger partial charge in [0.2, 0.25) is 0 Å². The van der Waals surface area contributed by atoms with E-state index in [0.717, 1.165) is 18.4 Å². The van der Waals surface area contributed by atoms with Crippen molar-refractivity contribution in [2.75, 3.05) is 7.05 Å². The van der Waals surface area contributed by atoms with E-state index >= 15 is 0 Å². The van der Waals surface area contributed by atoms with Gasteiger partial charge in [0.1, 0.15) is 0 Å². The van der Waals surface area contributed by atoms with Crippen LogP contribution in [-0.4, -0.2) is 19.0 Å². The van der Waals surface area contributed by atoms with E-state index in [0.29, 0.717) is 6.04 Å². The average molecular weight is 409 g/mol. The predicted octanol–water partition coefficient (Wildman–Crippen LogP) is 4.16. The van der Waals surface area contributed by atoms with E-state index in [1.165, 1.54) is 22.6 Å². The van der Waals surface area contributed by atoms with Crippen molar-refractivity contribution >= 4 is 41.3 Å². The summed E-state index contributed by atoms with van der Waals surface area (Å²) in [7, 11) is 1.82. The van der Waals surface area contributed by atoms with Gasteiger partial charge in [-0.15, -0.1) is 35.3 Å². The highest BCUT2D eigenvalue weighted by molar-refractivity contribution is 14.0. The van der Waals surface area contributed by atoms with Gasteiger partial charge in [0.15, 0.2) is 5.96 Å². The number of thiophene rings is 1. The first-order chi connectivity index (χ1) is 9.01. The van der Waals surface area contributed by atoms with Gasteiger partial charge >= 0.3 is 0 Å². The number of aryl methyl sites for hydroxylation is 1. The van der Waals surface area contributed by atoms with Crippen LogP contribution in [0.1, 0.15) is 43.4 Å². The molecule has 1 aromatic rings. The Labute approximate surface area is 144 Å². The molecule has 1 atom stereocenters. The summed E-state index contributed by atoms with van der Waals surface area (Å²) in [5.74, 6) is 1.65. The molecule has 3 nitrogen and oxygen atoms in total. The van der Waals surface area contributed by atoms with Crippen LogP contribution < -0.4 is 10.6 Å². The molecule has 20 heavy (non-hydrogen) atoms. The number of guanidine groups is 1. The Morgan fingerprint density at radius 2 is 1.95 bits per heavy atom. The summed E-state index contributed by atoms with van der Waals surface area (Å²) in [4.78, 5) is 6.97. The second-order valence-electron chi connectivity index (χ2n) is 5.45.